The fraction of sp³-hybridized carbons (Fsp3) is 0.364. The summed E-state index contributed by atoms with van der Waals surface area (Å²) in [6.07, 6.45) is 0.105. The van der Waals surface area contributed by atoms with E-state index in [9.17, 15) is 13.2 Å². The van der Waals surface area contributed by atoms with Crippen LogP contribution in [0.3, 0.4) is 0 Å². The maximum absolute atomic E-state index is 12.4. The molecule has 0 aliphatic carbocycles. The average Bonchev–Trinajstić information content (AvgIpc) is 2.26. The normalized spacial score (nSPS) is 13.5. The molecule has 112 valence electrons. The lowest BCUT2D eigenvalue weighted by molar-refractivity contribution is -0.141. The van der Waals surface area contributed by atoms with Crippen molar-refractivity contribution >= 4 is 50.8 Å². The lowest BCUT2D eigenvalue weighted by Gasteiger charge is -2.24. The summed E-state index contributed by atoms with van der Waals surface area (Å²) in [7, 11) is -2.98. The van der Waals surface area contributed by atoms with Crippen LogP contribution >= 0.6 is 34.8 Å². The van der Waals surface area contributed by atoms with Gasteiger partial charge >= 0.3 is 5.97 Å². The number of nitrogens with zero attached hydrogens (tertiary/aromatic N) is 1. The van der Waals surface area contributed by atoms with Gasteiger partial charge in [0, 0.05) is 12.1 Å². The molecule has 0 aliphatic rings. The van der Waals surface area contributed by atoms with Gasteiger partial charge in [0.1, 0.15) is 10.9 Å². The first-order valence-corrected chi connectivity index (χ1v) is 8.05. The van der Waals surface area contributed by atoms with Crippen LogP contribution in [0.2, 0.25) is 15.1 Å². The van der Waals surface area contributed by atoms with Crippen LogP contribution < -0.4 is 0 Å². The van der Waals surface area contributed by atoms with Gasteiger partial charge in [-0.3, -0.25) is 4.79 Å². The Morgan fingerprint density at radius 3 is 2.10 bits per heavy atom. The molecule has 9 heteroatoms. The molecule has 0 saturated heterocycles. The summed E-state index contributed by atoms with van der Waals surface area (Å²) >= 11 is 17.5. The molecule has 0 aliphatic heterocycles. The van der Waals surface area contributed by atoms with Crippen molar-refractivity contribution in [2.45, 2.75) is 24.3 Å². The number of aliphatic carboxylic acids is 1. The van der Waals surface area contributed by atoms with Gasteiger partial charge in [-0.05, 0) is 18.6 Å². The van der Waals surface area contributed by atoms with E-state index in [2.05, 4.69) is 0 Å². The maximum atomic E-state index is 12.4. The quantitative estimate of drug-likeness (QED) is 0.875. The minimum atomic E-state index is -4.14. The molecule has 0 radical (unpaired) electrons. The Kier molecular flexibility index (Phi) is 5.69. The maximum Gasteiger partial charge on any atom is 0.321 e. The molecular formula is C11H12Cl3NO4S. The van der Waals surface area contributed by atoms with E-state index in [0.29, 0.717) is 0 Å². The van der Waals surface area contributed by atoms with Crippen LogP contribution in [-0.4, -0.2) is 36.9 Å². The smallest absolute Gasteiger partial charge is 0.321 e. The van der Waals surface area contributed by atoms with E-state index in [-0.39, 0.29) is 26.4 Å². The molecule has 0 saturated carbocycles. The Bertz CT molecular complexity index is 610. The molecule has 1 rings (SSSR count). The molecule has 0 bridgehead atoms. The zero-order chi connectivity index (χ0) is 15.7. The number of carboxylic acids is 1. The highest BCUT2D eigenvalue weighted by atomic mass is 35.5. The number of sulfonamides is 1. The predicted molar refractivity (Wildman–Crippen MR) is 78.1 cm³/mol. The topological polar surface area (TPSA) is 74.7 Å². The van der Waals surface area contributed by atoms with E-state index in [1.54, 1.807) is 6.92 Å². The summed E-state index contributed by atoms with van der Waals surface area (Å²) in [5.74, 6) is -1.25. The molecule has 1 aromatic rings. The Labute approximate surface area is 132 Å². The van der Waals surface area contributed by atoms with Crippen molar-refractivity contribution < 1.29 is 18.3 Å². The summed E-state index contributed by atoms with van der Waals surface area (Å²) < 4.78 is 25.6. The number of hydrogen-bond acceptors (Lipinski definition) is 3. The van der Waals surface area contributed by atoms with Gasteiger partial charge in [0.15, 0.2) is 0 Å². The van der Waals surface area contributed by atoms with Gasteiger partial charge < -0.3 is 5.11 Å². The van der Waals surface area contributed by atoms with Crippen molar-refractivity contribution in [3.05, 3.63) is 27.2 Å². The third-order valence-corrected chi connectivity index (χ3v) is 5.72. The molecule has 0 heterocycles. The van der Waals surface area contributed by atoms with Crippen molar-refractivity contribution in [1.82, 2.24) is 4.31 Å². The molecule has 1 N–H and O–H groups in total. The van der Waals surface area contributed by atoms with Crippen LogP contribution in [0.15, 0.2) is 17.0 Å². The summed E-state index contributed by atoms with van der Waals surface area (Å²) in [5.41, 5.74) is 0. The minimum absolute atomic E-state index is 0.105. The number of carbonyl (C=O) groups is 1. The largest absolute Gasteiger partial charge is 0.480 e. The Balaban J connectivity index is 3.41. The molecular weight excluding hydrogens is 349 g/mol. The molecule has 0 fully saturated rings. The van der Waals surface area contributed by atoms with Crippen LogP contribution in [0.4, 0.5) is 0 Å². The summed E-state index contributed by atoms with van der Waals surface area (Å²) in [4.78, 5) is 10.7. The van der Waals surface area contributed by atoms with Gasteiger partial charge in [0.2, 0.25) is 10.0 Å². The van der Waals surface area contributed by atoms with E-state index in [1.165, 1.54) is 19.2 Å². The highest BCUT2D eigenvalue weighted by Gasteiger charge is 2.34. The van der Waals surface area contributed by atoms with Gasteiger partial charge in [-0.25, -0.2) is 8.42 Å². The molecule has 1 atom stereocenters. The van der Waals surface area contributed by atoms with E-state index in [1.807, 2.05) is 0 Å². The number of halogens is 3. The fourth-order valence-corrected chi connectivity index (χ4v) is 4.55. The highest BCUT2D eigenvalue weighted by Crippen LogP contribution is 2.34. The van der Waals surface area contributed by atoms with Gasteiger partial charge in [0.25, 0.3) is 0 Å². The lowest BCUT2D eigenvalue weighted by atomic mass is 10.2. The summed E-state index contributed by atoms with van der Waals surface area (Å²) in [6.45, 7) is 1.57. The zero-order valence-electron chi connectivity index (χ0n) is 10.6. The Morgan fingerprint density at radius 2 is 1.75 bits per heavy atom. The second kappa shape index (κ2) is 6.49. The van der Waals surface area contributed by atoms with Crippen molar-refractivity contribution in [1.29, 1.82) is 0 Å². The summed E-state index contributed by atoms with van der Waals surface area (Å²) in [5, 5.41) is 8.91. The zero-order valence-corrected chi connectivity index (χ0v) is 13.7. The van der Waals surface area contributed by atoms with Crippen molar-refractivity contribution in [2.24, 2.45) is 0 Å². The molecule has 20 heavy (non-hydrogen) atoms. The SMILES string of the molecule is CCC(C(=O)O)N(C)S(=O)(=O)c1c(Cl)cc(Cl)cc1Cl. The van der Waals surface area contributed by atoms with Crippen LogP contribution in [0.5, 0.6) is 0 Å². The monoisotopic (exact) mass is 359 g/mol. The first-order valence-electron chi connectivity index (χ1n) is 5.48. The Hall–Kier alpha value is -0.530. The third-order valence-electron chi connectivity index (χ3n) is 2.71. The lowest BCUT2D eigenvalue weighted by Crippen LogP contribution is -2.42. The second-order valence-corrected chi connectivity index (χ2v) is 7.17. The van der Waals surface area contributed by atoms with Crippen molar-refractivity contribution in [3.63, 3.8) is 0 Å². The fourth-order valence-electron chi connectivity index (χ4n) is 1.67. The van der Waals surface area contributed by atoms with Crippen molar-refractivity contribution in [3.8, 4) is 0 Å². The summed E-state index contributed by atoms with van der Waals surface area (Å²) in [6, 6.07) is 1.26. The first-order chi connectivity index (χ1) is 9.12. The minimum Gasteiger partial charge on any atom is -0.480 e. The Morgan fingerprint density at radius 1 is 1.30 bits per heavy atom. The third kappa shape index (κ3) is 3.38. The second-order valence-electron chi connectivity index (χ2n) is 3.98. The number of hydrogen-bond donors (Lipinski definition) is 1. The number of likely N-dealkylation sites (N-methyl/N-ethyl adjacent to an activating group) is 1. The standard InChI is InChI=1S/C11H12Cl3NO4S/c1-3-9(11(16)17)15(2)20(18,19)10-7(13)4-6(12)5-8(10)14/h4-5,9H,3H2,1-2H3,(H,16,17). The van der Waals surface area contributed by atoms with E-state index >= 15 is 0 Å². The van der Waals surface area contributed by atoms with Crippen LogP contribution in [0, 0.1) is 0 Å². The molecule has 0 spiro atoms. The predicted octanol–water partition coefficient (Wildman–Crippen LogP) is 3.13. The van der Waals surface area contributed by atoms with Gasteiger partial charge in [-0.2, -0.15) is 4.31 Å². The molecule has 0 aromatic heterocycles. The van der Waals surface area contributed by atoms with E-state index in [0.717, 1.165) is 4.31 Å². The van der Waals surface area contributed by atoms with Crippen molar-refractivity contribution in [2.75, 3.05) is 7.05 Å². The molecule has 5 nitrogen and oxygen atoms in total. The number of rotatable bonds is 5. The molecule has 1 aromatic carbocycles. The molecule has 0 amide bonds. The van der Waals surface area contributed by atoms with Crippen LogP contribution in [0.1, 0.15) is 13.3 Å². The first kappa shape index (κ1) is 17.5. The average molecular weight is 361 g/mol. The van der Waals surface area contributed by atoms with Gasteiger partial charge in [-0.15, -0.1) is 0 Å². The van der Waals surface area contributed by atoms with Crippen LogP contribution in [0.25, 0.3) is 0 Å². The number of carboxylic acid groups (broad SMARTS) is 1. The highest BCUT2D eigenvalue weighted by molar-refractivity contribution is 7.89. The van der Waals surface area contributed by atoms with E-state index in [4.69, 9.17) is 39.9 Å². The number of benzene rings is 1. The van der Waals surface area contributed by atoms with Crippen LogP contribution in [-0.2, 0) is 14.8 Å². The van der Waals surface area contributed by atoms with Gasteiger partial charge in [-0.1, -0.05) is 41.7 Å². The molecule has 1 unspecified atom stereocenters. The van der Waals surface area contributed by atoms with E-state index < -0.39 is 22.0 Å². The van der Waals surface area contributed by atoms with Gasteiger partial charge in [0.05, 0.1) is 10.0 Å².